The van der Waals surface area contributed by atoms with Gasteiger partial charge < -0.3 is 5.73 Å². The van der Waals surface area contributed by atoms with E-state index in [9.17, 15) is 8.42 Å². The summed E-state index contributed by atoms with van der Waals surface area (Å²) in [5.41, 5.74) is 6.05. The predicted octanol–water partition coefficient (Wildman–Crippen LogP) is 1.87. The molecule has 0 atom stereocenters. The summed E-state index contributed by atoms with van der Waals surface area (Å²) in [4.78, 5) is 0. The Kier molecular flexibility index (Phi) is 2.78. The molecule has 0 aliphatic carbocycles. The lowest BCUT2D eigenvalue weighted by Gasteiger charge is -2.19. The van der Waals surface area contributed by atoms with E-state index in [2.05, 4.69) is 4.72 Å². The first kappa shape index (κ1) is 11.3. The third kappa shape index (κ3) is 2.19. The van der Waals surface area contributed by atoms with Crippen molar-refractivity contribution in [3.8, 4) is 0 Å². The van der Waals surface area contributed by atoms with Crippen LogP contribution in [0.25, 0.3) is 0 Å². The molecule has 1 aromatic heterocycles. The fourth-order valence-corrected chi connectivity index (χ4v) is 2.14. The summed E-state index contributed by atoms with van der Waals surface area (Å²) < 4.78 is 25.1. The molecule has 1 aromatic rings. The average Bonchev–Trinajstić information content (AvgIpc) is 2.33. The van der Waals surface area contributed by atoms with Crippen molar-refractivity contribution < 1.29 is 8.42 Å². The van der Waals surface area contributed by atoms with Gasteiger partial charge in [0.25, 0.3) is 0 Å². The quantitative estimate of drug-likeness (QED) is 0.820. The van der Waals surface area contributed by atoms with Gasteiger partial charge in [-0.15, -0.1) is 11.3 Å². The summed E-state index contributed by atoms with van der Waals surface area (Å²) >= 11 is 1.31. The smallest absolute Gasteiger partial charge is 0.237 e. The van der Waals surface area contributed by atoms with E-state index in [0.717, 1.165) is 0 Å². The van der Waals surface area contributed by atoms with Gasteiger partial charge in [-0.3, -0.25) is 4.72 Å². The molecule has 0 saturated carbocycles. The Morgan fingerprint density at radius 1 is 1.43 bits per heavy atom. The standard InChI is InChI=1S/C8H14N2O2S2/c1-8(2,3)14(11,12)10-6-4-5-13-7(6)9/h4-5,10H,9H2,1-3H3. The molecule has 0 radical (unpaired) electrons. The van der Waals surface area contributed by atoms with Crippen LogP contribution in [0.4, 0.5) is 10.7 Å². The number of hydrogen-bond donors (Lipinski definition) is 2. The van der Waals surface area contributed by atoms with Gasteiger partial charge in [-0.2, -0.15) is 0 Å². The van der Waals surface area contributed by atoms with Crippen molar-refractivity contribution in [2.24, 2.45) is 0 Å². The Labute approximate surface area is 88.2 Å². The van der Waals surface area contributed by atoms with E-state index < -0.39 is 14.8 Å². The van der Waals surface area contributed by atoms with Gasteiger partial charge in [0.2, 0.25) is 10.0 Å². The molecule has 0 unspecified atom stereocenters. The molecular weight excluding hydrogens is 220 g/mol. The van der Waals surface area contributed by atoms with Crippen LogP contribution >= 0.6 is 11.3 Å². The minimum atomic E-state index is -3.37. The number of thiophene rings is 1. The van der Waals surface area contributed by atoms with Crippen molar-refractivity contribution in [3.63, 3.8) is 0 Å². The van der Waals surface area contributed by atoms with Gasteiger partial charge in [-0.1, -0.05) is 0 Å². The Morgan fingerprint density at radius 2 is 2.00 bits per heavy atom. The third-order valence-corrected chi connectivity index (χ3v) is 4.59. The van der Waals surface area contributed by atoms with E-state index in [1.165, 1.54) is 11.3 Å². The van der Waals surface area contributed by atoms with Crippen molar-refractivity contribution in [1.82, 2.24) is 0 Å². The maximum absolute atomic E-state index is 11.7. The number of nitrogens with two attached hydrogens (primary N) is 1. The number of rotatable bonds is 2. The average molecular weight is 234 g/mol. The normalized spacial score (nSPS) is 12.8. The van der Waals surface area contributed by atoms with E-state index in [1.807, 2.05) is 0 Å². The van der Waals surface area contributed by atoms with Gasteiger partial charge in [0.15, 0.2) is 0 Å². The number of nitrogen functional groups attached to an aromatic ring is 1. The second-order valence-electron chi connectivity index (χ2n) is 3.92. The lowest BCUT2D eigenvalue weighted by Crippen LogP contribution is -2.33. The van der Waals surface area contributed by atoms with Gasteiger partial charge in [0, 0.05) is 0 Å². The van der Waals surface area contributed by atoms with Crippen LogP contribution in [-0.2, 0) is 10.0 Å². The molecule has 0 aliphatic heterocycles. The molecule has 0 aliphatic rings. The zero-order chi connectivity index (χ0) is 11.0. The molecule has 14 heavy (non-hydrogen) atoms. The maximum Gasteiger partial charge on any atom is 0.237 e. The number of nitrogens with one attached hydrogen (secondary N) is 1. The van der Waals surface area contributed by atoms with E-state index in [0.29, 0.717) is 10.7 Å². The first-order valence-corrected chi connectivity index (χ1v) is 6.45. The van der Waals surface area contributed by atoms with E-state index in [-0.39, 0.29) is 0 Å². The lowest BCUT2D eigenvalue weighted by atomic mass is 10.3. The van der Waals surface area contributed by atoms with Crippen LogP contribution < -0.4 is 10.5 Å². The topological polar surface area (TPSA) is 72.2 Å². The molecule has 0 saturated heterocycles. The summed E-state index contributed by atoms with van der Waals surface area (Å²) in [6.07, 6.45) is 0. The fourth-order valence-electron chi connectivity index (χ4n) is 0.703. The Balaban J connectivity index is 2.96. The number of hydrogen-bond acceptors (Lipinski definition) is 4. The zero-order valence-electron chi connectivity index (χ0n) is 8.37. The minimum Gasteiger partial charge on any atom is -0.389 e. The van der Waals surface area contributed by atoms with Crippen LogP contribution in [0.15, 0.2) is 11.4 Å². The third-order valence-electron chi connectivity index (χ3n) is 1.75. The van der Waals surface area contributed by atoms with E-state index in [4.69, 9.17) is 5.73 Å². The molecular formula is C8H14N2O2S2. The SMILES string of the molecule is CC(C)(C)S(=O)(=O)Nc1ccsc1N. The first-order chi connectivity index (χ1) is 6.24. The Morgan fingerprint density at radius 3 is 2.36 bits per heavy atom. The minimum absolute atomic E-state index is 0.463. The second-order valence-corrected chi connectivity index (χ2v) is 7.30. The molecule has 0 spiro atoms. The molecule has 80 valence electrons. The van der Waals surface area contributed by atoms with Crippen LogP contribution in [0.2, 0.25) is 0 Å². The number of anilines is 2. The zero-order valence-corrected chi connectivity index (χ0v) is 10.00. The molecule has 1 rings (SSSR count). The Bertz CT molecular complexity index is 415. The second kappa shape index (κ2) is 3.43. The van der Waals surface area contributed by atoms with Crippen LogP contribution in [0.1, 0.15) is 20.8 Å². The van der Waals surface area contributed by atoms with Gasteiger partial charge in [0.1, 0.15) is 5.00 Å². The van der Waals surface area contributed by atoms with Crippen molar-refractivity contribution >= 4 is 32.0 Å². The van der Waals surface area contributed by atoms with Crippen LogP contribution in [0, 0.1) is 0 Å². The van der Waals surface area contributed by atoms with E-state index in [1.54, 1.807) is 32.2 Å². The van der Waals surface area contributed by atoms with E-state index >= 15 is 0 Å². The van der Waals surface area contributed by atoms with Crippen LogP contribution in [0.3, 0.4) is 0 Å². The molecule has 3 N–H and O–H groups in total. The largest absolute Gasteiger partial charge is 0.389 e. The maximum atomic E-state index is 11.7. The molecule has 0 fully saturated rings. The summed E-state index contributed by atoms with van der Waals surface area (Å²) in [5, 5.41) is 2.23. The molecule has 0 bridgehead atoms. The van der Waals surface area contributed by atoms with Gasteiger partial charge >= 0.3 is 0 Å². The fraction of sp³-hybridized carbons (Fsp3) is 0.500. The molecule has 0 aromatic carbocycles. The summed E-state index contributed by atoms with van der Waals surface area (Å²) in [6, 6.07) is 1.66. The monoisotopic (exact) mass is 234 g/mol. The van der Waals surface area contributed by atoms with Crippen LogP contribution in [-0.4, -0.2) is 13.2 Å². The molecule has 6 heteroatoms. The van der Waals surface area contributed by atoms with Gasteiger partial charge in [0.05, 0.1) is 10.4 Å². The van der Waals surface area contributed by atoms with Crippen molar-refractivity contribution in [2.45, 2.75) is 25.5 Å². The molecule has 0 amide bonds. The highest BCUT2D eigenvalue weighted by atomic mass is 32.2. The summed E-state index contributed by atoms with van der Waals surface area (Å²) in [5.74, 6) is 0. The highest BCUT2D eigenvalue weighted by molar-refractivity contribution is 7.94. The van der Waals surface area contributed by atoms with Crippen molar-refractivity contribution in [3.05, 3.63) is 11.4 Å². The first-order valence-electron chi connectivity index (χ1n) is 4.09. The highest BCUT2D eigenvalue weighted by Crippen LogP contribution is 2.28. The Hall–Kier alpha value is -0.750. The number of sulfonamides is 1. The van der Waals surface area contributed by atoms with Gasteiger partial charge in [-0.25, -0.2) is 8.42 Å². The highest BCUT2D eigenvalue weighted by Gasteiger charge is 2.29. The lowest BCUT2D eigenvalue weighted by molar-refractivity contribution is 0.566. The van der Waals surface area contributed by atoms with Gasteiger partial charge in [-0.05, 0) is 32.2 Å². The molecule has 1 heterocycles. The van der Waals surface area contributed by atoms with Crippen LogP contribution in [0.5, 0.6) is 0 Å². The van der Waals surface area contributed by atoms with Crippen molar-refractivity contribution in [1.29, 1.82) is 0 Å². The summed E-state index contributed by atoms with van der Waals surface area (Å²) in [6.45, 7) is 4.91. The summed E-state index contributed by atoms with van der Waals surface area (Å²) in [7, 11) is -3.37. The van der Waals surface area contributed by atoms with Crippen molar-refractivity contribution in [2.75, 3.05) is 10.5 Å². The molecule has 4 nitrogen and oxygen atoms in total. The predicted molar refractivity (Wildman–Crippen MR) is 61.0 cm³/mol.